The minimum Gasteiger partial charge on any atom is -0.497 e. The molecule has 0 aliphatic carbocycles. The van der Waals surface area contributed by atoms with Crippen LogP contribution in [0.5, 0.6) is 5.75 Å². The first-order valence-electron chi connectivity index (χ1n) is 8.39. The first-order valence-corrected chi connectivity index (χ1v) is 8.39. The molecule has 1 aliphatic heterocycles. The molecule has 3 rings (SSSR count). The number of aromatic nitrogens is 1. The predicted molar refractivity (Wildman–Crippen MR) is 95.5 cm³/mol. The highest BCUT2D eigenvalue weighted by molar-refractivity contribution is 5.89. The number of benzene rings is 1. The summed E-state index contributed by atoms with van der Waals surface area (Å²) in [6.45, 7) is 8.00. The highest BCUT2D eigenvalue weighted by atomic mass is 16.5. The molecule has 0 bridgehead atoms. The number of nitrogens with zero attached hydrogens (tertiary/aromatic N) is 2. The highest BCUT2D eigenvalue weighted by Gasteiger charge is 2.33. The van der Waals surface area contributed by atoms with Crippen molar-refractivity contribution in [2.24, 2.45) is 5.92 Å². The molecule has 2 aromatic rings. The second-order valence-electron chi connectivity index (χ2n) is 6.59. The molecule has 5 heteroatoms. The molecule has 0 spiro atoms. The van der Waals surface area contributed by atoms with Crippen molar-refractivity contribution in [3.05, 3.63) is 47.8 Å². The van der Waals surface area contributed by atoms with E-state index >= 15 is 0 Å². The topological polar surface area (TPSA) is 46.5 Å². The van der Waals surface area contributed by atoms with Gasteiger partial charge in [-0.15, -0.1) is 0 Å². The maximum atomic E-state index is 12.8. The summed E-state index contributed by atoms with van der Waals surface area (Å²) in [5.41, 5.74) is 3.25. The minimum absolute atomic E-state index is 0.0519. The van der Waals surface area contributed by atoms with Crippen LogP contribution in [0.4, 0.5) is 10.5 Å². The first kappa shape index (κ1) is 16.4. The van der Waals surface area contributed by atoms with Crippen LogP contribution in [0.2, 0.25) is 0 Å². The minimum atomic E-state index is -0.0519. The van der Waals surface area contributed by atoms with E-state index in [1.165, 1.54) is 11.4 Å². The zero-order valence-corrected chi connectivity index (χ0v) is 14.7. The van der Waals surface area contributed by atoms with Gasteiger partial charge in [0.25, 0.3) is 0 Å². The number of nitrogens with one attached hydrogen (secondary N) is 1. The molecule has 128 valence electrons. The Morgan fingerprint density at radius 3 is 2.50 bits per heavy atom. The smallest absolute Gasteiger partial charge is 0.322 e. The zero-order valence-electron chi connectivity index (χ0n) is 14.7. The Bertz CT molecular complexity index is 719. The SMILES string of the molecule is COc1ccc(NC(=O)N2CCn3c(C)ccc3C2C(C)C)cc1. The lowest BCUT2D eigenvalue weighted by Gasteiger charge is -2.39. The van der Waals surface area contributed by atoms with Crippen LogP contribution in [0.25, 0.3) is 0 Å². The maximum Gasteiger partial charge on any atom is 0.322 e. The van der Waals surface area contributed by atoms with E-state index in [1.54, 1.807) is 7.11 Å². The lowest BCUT2D eigenvalue weighted by Crippen LogP contribution is -2.46. The number of urea groups is 1. The number of amides is 2. The van der Waals surface area contributed by atoms with Gasteiger partial charge in [0, 0.05) is 30.2 Å². The van der Waals surface area contributed by atoms with E-state index in [4.69, 9.17) is 4.74 Å². The molecule has 24 heavy (non-hydrogen) atoms. The number of anilines is 1. The molecular formula is C19H25N3O2. The average Bonchev–Trinajstić information content (AvgIpc) is 2.95. The van der Waals surface area contributed by atoms with Gasteiger partial charge in [-0.2, -0.15) is 0 Å². The predicted octanol–water partition coefficient (Wildman–Crippen LogP) is 4.05. The molecule has 5 nitrogen and oxygen atoms in total. The lowest BCUT2D eigenvalue weighted by molar-refractivity contribution is 0.143. The standard InChI is InChI=1S/C19H25N3O2/c1-13(2)18-17-10-5-14(3)21(17)11-12-22(18)19(23)20-15-6-8-16(24-4)9-7-15/h5-10,13,18H,11-12H2,1-4H3,(H,20,23). The second-order valence-corrected chi connectivity index (χ2v) is 6.59. The zero-order chi connectivity index (χ0) is 17.3. The Balaban J connectivity index is 1.80. The third kappa shape index (κ3) is 2.98. The van der Waals surface area contributed by atoms with Gasteiger partial charge in [0.2, 0.25) is 0 Å². The quantitative estimate of drug-likeness (QED) is 0.924. The number of carbonyl (C=O) groups excluding carboxylic acids is 1. The maximum absolute atomic E-state index is 12.8. The average molecular weight is 327 g/mol. The van der Waals surface area contributed by atoms with Gasteiger partial charge in [-0.05, 0) is 49.2 Å². The number of hydrogen-bond acceptors (Lipinski definition) is 2. The number of methoxy groups -OCH3 is 1. The van der Waals surface area contributed by atoms with Crippen LogP contribution in [0.1, 0.15) is 31.3 Å². The summed E-state index contributed by atoms with van der Waals surface area (Å²) in [6, 6.07) is 11.7. The van der Waals surface area contributed by atoms with Gasteiger partial charge in [-0.1, -0.05) is 13.8 Å². The van der Waals surface area contributed by atoms with Crippen molar-refractivity contribution in [1.82, 2.24) is 9.47 Å². The van der Waals surface area contributed by atoms with Gasteiger partial charge in [-0.25, -0.2) is 4.79 Å². The normalized spacial score (nSPS) is 16.9. The number of rotatable bonds is 3. The van der Waals surface area contributed by atoms with Crippen LogP contribution in [0, 0.1) is 12.8 Å². The highest BCUT2D eigenvalue weighted by Crippen LogP contribution is 2.34. The molecule has 0 fully saturated rings. The molecule has 2 amide bonds. The van der Waals surface area contributed by atoms with Crippen molar-refractivity contribution in [3.8, 4) is 5.75 Å². The van der Waals surface area contributed by atoms with Crippen molar-refractivity contribution < 1.29 is 9.53 Å². The molecule has 2 heterocycles. The molecule has 1 N–H and O–H groups in total. The van der Waals surface area contributed by atoms with Crippen molar-refractivity contribution in [3.63, 3.8) is 0 Å². The van der Waals surface area contributed by atoms with E-state index in [-0.39, 0.29) is 12.1 Å². The van der Waals surface area contributed by atoms with Gasteiger partial charge >= 0.3 is 6.03 Å². The number of fused-ring (bicyclic) bond motifs is 1. The van der Waals surface area contributed by atoms with Crippen molar-refractivity contribution >= 4 is 11.7 Å². The van der Waals surface area contributed by atoms with Crippen molar-refractivity contribution in [2.45, 2.75) is 33.4 Å². The van der Waals surface area contributed by atoms with Crippen LogP contribution < -0.4 is 10.1 Å². The largest absolute Gasteiger partial charge is 0.497 e. The second kappa shape index (κ2) is 6.59. The van der Waals surface area contributed by atoms with E-state index in [1.807, 2.05) is 29.2 Å². The van der Waals surface area contributed by atoms with Gasteiger partial charge < -0.3 is 19.5 Å². The van der Waals surface area contributed by atoms with Crippen LogP contribution >= 0.6 is 0 Å². The Kier molecular flexibility index (Phi) is 4.51. The Hall–Kier alpha value is -2.43. The van der Waals surface area contributed by atoms with Gasteiger partial charge in [0.05, 0.1) is 13.2 Å². The first-order chi connectivity index (χ1) is 11.5. The number of hydrogen-bond donors (Lipinski definition) is 1. The van der Waals surface area contributed by atoms with Crippen molar-refractivity contribution in [1.29, 1.82) is 0 Å². The third-order valence-corrected chi connectivity index (χ3v) is 4.67. The molecule has 1 aliphatic rings. The molecule has 0 saturated heterocycles. The van der Waals surface area contributed by atoms with E-state index in [0.717, 1.165) is 18.0 Å². The molecule has 0 radical (unpaired) electrons. The van der Waals surface area contributed by atoms with Gasteiger partial charge in [-0.3, -0.25) is 0 Å². The van der Waals surface area contributed by atoms with E-state index in [9.17, 15) is 4.79 Å². The van der Waals surface area contributed by atoms with Gasteiger partial charge in [0.15, 0.2) is 0 Å². The summed E-state index contributed by atoms with van der Waals surface area (Å²) in [6.07, 6.45) is 0. The van der Waals surface area contributed by atoms with E-state index in [2.05, 4.69) is 42.8 Å². The van der Waals surface area contributed by atoms with Crippen molar-refractivity contribution in [2.75, 3.05) is 19.0 Å². The summed E-state index contributed by atoms with van der Waals surface area (Å²) in [5.74, 6) is 1.12. The van der Waals surface area contributed by atoms with Gasteiger partial charge in [0.1, 0.15) is 5.75 Å². The van der Waals surface area contributed by atoms with Crippen LogP contribution in [-0.4, -0.2) is 29.2 Å². The fraction of sp³-hybridized carbons (Fsp3) is 0.421. The Morgan fingerprint density at radius 1 is 1.17 bits per heavy atom. The summed E-state index contributed by atoms with van der Waals surface area (Å²) < 4.78 is 7.48. The third-order valence-electron chi connectivity index (χ3n) is 4.67. The summed E-state index contributed by atoms with van der Waals surface area (Å²) >= 11 is 0. The molecule has 1 aromatic heterocycles. The molecule has 0 saturated carbocycles. The van der Waals surface area contributed by atoms with E-state index < -0.39 is 0 Å². The Labute approximate surface area is 143 Å². The fourth-order valence-electron chi connectivity index (χ4n) is 3.46. The lowest BCUT2D eigenvalue weighted by atomic mass is 9.97. The molecule has 1 aromatic carbocycles. The van der Waals surface area contributed by atoms with Crippen LogP contribution in [0.15, 0.2) is 36.4 Å². The fourth-order valence-corrected chi connectivity index (χ4v) is 3.46. The van der Waals surface area contributed by atoms with Crippen LogP contribution in [-0.2, 0) is 6.54 Å². The molecule has 1 atom stereocenters. The summed E-state index contributed by atoms with van der Waals surface area (Å²) in [4.78, 5) is 14.8. The Morgan fingerprint density at radius 2 is 1.88 bits per heavy atom. The number of aryl methyl sites for hydroxylation is 1. The number of carbonyl (C=O) groups is 1. The van der Waals surface area contributed by atoms with E-state index in [0.29, 0.717) is 12.5 Å². The molecular weight excluding hydrogens is 302 g/mol. The summed E-state index contributed by atoms with van der Waals surface area (Å²) in [5, 5.41) is 3.01. The number of ether oxygens (including phenoxy) is 1. The van der Waals surface area contributed by atoms with Crippen LogP contribution in [0.3, 0.4) is 0 Å². The summed E-state index contributed by atoms with van der Waals surface area (Å²) in [7, 11) is 1.63. The monoisotopic (exact) mass is 327 g/mol. The molecule has 1 unspecified atom stereocenters.